The molecule has 0 fully saturated rings. The molecule has 20 heavy (non-hydrogen) atoms. The Hall–Kier alpha value is -1.63. The van der Waals surface area contributed by atoms with Crippen LogP contribution in [0.15, 0.2) is 28.7 Å². The van der Waals surface area contributed by atoms with E-state index in [9.17, 15) is 13.2 Å². The van der Waals surface area contributed by atoms with Crippen LogP contribution in [0.25, 0.3) is 11.4 Å². The number of rotatable bonds is 2. The number of aryl methyl sites for hydroxylation is 1. The maximum absolute atomic E-state index is 13.0. The van der Waals surface area contributed by atoms with E-state index < -0.39 is 11.7 Å². The Labute approximate surface area is 122 Å². The number of hydrogen-bond donors (Lipinski definition) is 1. The highest BCUT2D eigenvalue weighted by atomic mass is 79.9. The van der Waals surface area contributed by atoms with Gasteiger partial charge in [-0.05, 0) is 28.4 Å². The second kappa shape index (κ2) is 5.40. The van der Waals surface area contributed by atoms with Crippen LogP contribution in [0.5, 0.6) is 0 Å². The molecular weight excluding hydrogens is 335 g/mol. The Balaban J connectivity index is 2.67. The molecule has 0 saturated carbocycles. The fourth-order valence-electron chi connectivity index (χ4n) is 1.79. The molecule has 2 aromatic rings. The second-order valence-electron chi connectivity index (χ2n) is 4.09. The summed E-state index contributed by atoms with van der Waals surface area (Å²) in [6, 6.07) is 5.18. The molecule has 0 amide bonds. The van der Waals surface area contributed by atoms with Crippen LogP contribution in [-0.2, 0) is 12.6 Å². The lowest BCUT2D eigenvalue weighted by Crippen LogP contribution is -2.09. The predicted octanol–water partition coefficient (Wildman–Crippen LogP) is 4.07. The van der Waals surface area contributed by atoms with Crippen molar-refractivity contribution in [3.05, 3.63) is 40.0 Å². The molecular formula is C13H11BrF3N3. The van der Waals surface area contributed by atoms with Crippen molar-refractivity contribution in [3.8, 4) is 11.4 Å². The first-order valence-corrected chi connectivity index (χ1v) is 6.62. The normalized spacial score (nSPS) is 11.7. The Morgan fingerprint density at radius 1 is 1.20 bits per heavy atom. The third-order valence-electron chi connectivity index (χ3n) is 2.75. The topological polar surface area (TPSA) is 51.8 Å². The molecule has 0 aliphatic rings. The molecule has 1 heterocycles. The molecule has 0 atom stereocenters. The molecule has 2 N–H and O–H groups in total. The summed E-state index contributed by atoms with van der Waals surface area (Å²) < 4.78 is 39.5. The van der Waals surface area contributed by atoms with E-state index in [1.165, 1.54) is 18.2 Å². The summed E-state index contributed by atoms with van der Waals surface area (Å²) in [6.07, 6.45) is -3.93. The number of nitrogens with zero attached hydrogens (tertiary/aromatic N) is 2. The smallest absolute Gasteiger partial charge is 0.383 e. The molecule has 0 unspecified atom stereocenters. The summed E-state index contributed by atoms with van der Waals surface area (Å²) in [5.41, 5.74) is 5.44. The zero-order chi connectivity index (χ0) is 14.9. The summed E-state index contributed by atoms with van der Waals surface area (Å²) in [4.78, 5) is 8.10. The molecule has 3 nitrogen and oxygen atoms in total. The van der Waals surface area contributed by atoms with Crippen molar-refractivity contribution in [1.29, 1.82) is 0 Å². The second-order valence-corrected chi connectivity index (χ2v) is 4.88. The minimum absolute atomic E-state index is 0.0181. The first-order valence-electron chi connectivity index (χ1n) is 5.83. The van der Waals surface area contributed by atoms with Crippen LogP contribution in [-0.4, -0.2) is 9.97 Å². The Kier molecular flexibility index (Phi) is 3.99. The van der Waals surface area contributed by atoms with Gasteiger partial charge in [-0.2, -0.15) is 13.2 Å². The number of alkyl halides is 3. The van der Waals surface area contributed by atoms with Crippen molar-refractivity contribution >= 4 is 21.7 Å². The maximum Gasteiger partial charge on any atom is 0.417 e. The summed E-state index contributed by atoms with van der Waals surface area (Å²) >= 11 is 3.23. The van der Waals surface area contributed by atoms with Crippen molar-refractivity contribution in [2.45, 2.75) is 19.5 Å². The number of nitrogens with two attached hydrogens (primary N) is 1. The Bertz CT molecular complexity index is 641. The highest BCUT2D eigenvalue weighted by molar-refractivity contribution is 9.10. The average Bonchev–Trinajstić information content (AvgIpc) is 2.40. The van der Waals surface area contributed by atoms with Gasteiger partial charge in [0, 0.05) is 5.56 Å². The van der Waals surface area contributed by atoms with Crippen LogP contribution in [0.3, 0.4) is 0 Å². The number of anilines is 1. The Morgan fingerprint density at radius 3 is 2.45 bits per heavy atom. The third-order valence-corrected chi connectivity index (χ3v) is 3.62. The predicted molar refractivity (Wildman–Crippen MR) is 74.0 cm³/mol. The van der Waals surface area contributed by atoms with Crippen molar-refractivity contribution < 1.29 is 13.2 Å². The fourth-order valence-corrected chi connectivity index (χ4v) is 2.25. The van der Waals surface area contributed by atoms with E-state index in [1.54, 1.807) is 0 Å². The highest BCUT2D eigenvalue weighted by Crippen LogP contribution is 2.36. The fraction of sp³-hybridized carbons (Fsp3) is 0.231. The van der Waals surface area contributed by atoms with Crippen molar-refractivity contribution in [3.63, 3.8) is 0 Å². The third kappa shape index (κ3) is 2.77. The maximum atomic E-state index is 13.0. The first-order chi connectivity index (χ1) is 9.34. The number of hydrogen-bond acceptors (Lipinski definition) is 3. The van der Waals surface area contributed by atoms with Crippen LogP contribution < -0.4 is 5.73 Å². The lowest BCUT2D eigenvalue weighted by atomic mass is 10.1. The summed E-state index contributed by atoms with van der Waals surface area (Å²) in [6.45, 7) is 1.84. The monoisotopic (exact) mass is 345 g/mol. The lowest BCUT2D eigenvalue weighted by molar-refractivity contribution is -0.137. The minimum Gasteiger partial charge on any atom is -0.383 e. The number of aromatic nitrogens is 2. The minimum atomic E-state index is -4.46. The number of benzene rings is 1. The van der Waals surface area contributed by atoms with Crippen molar-refractivity contribution in [1.82, 2.24) is 9.97 Å². The zero-order valence-electron chi connectivity index (χ0n) is 10.5. The van der Waals surface area contributed by atoms with Crippen LogP contribution in [0.1, 0.15) is 18.2 Å². The van der Waals surface area contributed by atoms with Gasteiger partial charge in [-0.1, -0.05) is 25.1 Å². The van der Waals surface area contributed by atoms with Gasteiger partial charge in [-0.15, -0.1) is 0 Å². The molecule has 7 heteroatoms. The molecule has 1 aromatic heterocycles. The van der Waals surface area contributed by atoms with Gasteiger partial charge in [-0.25, -0.2) is 9.97 Å². The molecule has 0 aliphatic heterocycles. The quantitative estimate of drug-likeness (QED) is 0.892. The summed E-state index contributed by atoms with van der Waals surface area (Å²) in [5, 5.41) is 0. The average molecular weight is 346 g/mol. The van der Waals surface area contributed by atoms with Crippen LogP contribution in [0.2, 0.25) is 0 Å². The molecule has 1 aromatic carbocycles. The SMILES string of the molecule is CCc1nc(-c2ccccc2C(F)(F)F)nc(N)c1Br. The first kappa shape index (κ1) is 14.8. The standard InChI is InChI=1S/C13H11BrF3N3/c1-2-9-10(14)11(18)20-12(19-9)7-5-3-4-6-8(7)13(15,16)17/h3-6H,2H2,1H3,(H2,18,19,20). The van der Waals surface area contributed by atoms with E-state index in [4.69, 9.17) is 5.73 Å². The van der Waals surface area contributed by atoms with Crippen LogP contribution in [0.4, 0.5) is 19.0 Å². The van der Waals surface area contributed by atoms with E-state index in [1.807, 2.05) is 6.92 Å². The van der Waals surface area contributed by atoms with Crippen LogP contribution >= 0.6 is 15.9 Å². The summed E-state index contributed by atoms with van der Waals surface area (Å²) in [5.74, 6) is 0.110. The van der Waals surface area contributed by atoms with Gasteiger partial charge in [0.15, 0.2) is 5.82 Å². The molecule has 2 rings (SSSR count). The molecule has 0 spiro atoms. The molecule has 0 aliphatic carbocycles. The van der Waals surface area contributed by atoms with Gasteiger partial charge in [0.1, 0.15) is 5.82 Å². The summed E-state index contributed by atoms with van der Waals surface area (Å²) in [7, 11) is 0. The zero-order valence-corrected chi connectivity index (χ0v) is 12.1. The van der Waals surface area contributed by atoms with Gasteiger partial charge >= 0.3 is 6.18 Å². The van der Waals surface area contributed by atoms with Gasteiger partial charge in [0.05, 0.1) is 15.7 Å². The molecule has 106 valence electrons. The Morgan fingerprint density at radius 2 is 1.85 bits per heavy atom. The van der Waals surface area contributed by atoms with Crippen molar-refractivity contribution in [2.24, 2.45) is 0 Å². The molecule has 0 bridgehead atoms. The number of halogens is 4. The van der Waals surface area contributed by atoms with E-state index in [2.05, 4.69) is 25.9 Å². The largest absolute Gasteiger partial charge is 0.417 e. The van der Waals surface area contributed by atoms with Gasteiger partial charge in [0.25, 0.3) is 0 Å². The number of nitrogen functional groups attached to an aromatic ring is 1. The van der Waals surface area contributed by atoms with Crippen LogP contribution in [0, 0.1) is 0 Å². The lowest BCUT2D eigenvalue weighted by Gasteiger charge is -2.13. The van der Waals surface area contributed by atoms with Gasteiger partial charge in [-0.3, -0.25) is 0 Å². The van der Waals surface area contributed by atoms with E-state index >= 15 is 0 Å². The van der Waals surface area contributed by atoms with E-state index in [-0.39, 0.29) is 17.2 Å². The van der Waals surface area contributed by atoms with E-state index in [0.29, 0.717) is 16.6 Å². The molecule has 0 saturated heterocycles. The van der Waals surface area contributed by atoms with Gasteiger partial charge in [0.2, 0.25) is 0 Å². The van der Waals surface area contributed by atoms with Gasteiger partial charge < -0.3 is 5.73 Å². The van der Waals surface area contributed by atoms with Crippen molar-refractivity contribution in [2.75, 3.05) is 5.73 Å². The highest BCUT2D eigenvalue weighted by Gasteiger charge is 2.34. The molecule has 0 radical (unpaired) electrons. The van der Waals surface area contributed by atoms with E-state index in [0.717, 1.165) is 6.07 Å².